The fraction of sp³-hybridized carbons (Fsp3) is 0.562. The molecule has 1 aliphatic carbocycles. The van der Waals surface area contributed by atoms with E-state index in [2.05, 4.69) is 47.7 Å². The second kappa shape index (κ2) is 5.47. The molecule has 5 heteroatoms. The smallest absolute Gasteiger partial charge is 0.143 e. The van der Waals surface area contributed by atoms with Crippen LogP contribution in [0.4, 0.5) is 5.69 Å². The quantitative estimate of drug-likeness (QED) is 0.940. The molecule has 5 nitrogen and oxygen atoms in total. The van der Waals surface area contributed by atoms with E-state index < -0.39 is 0 Å². The third kappa shape index (κ3) is 3.23. The topological polar surface area (TPSA) is 55.6 Å². The lowest BCUT2D eigenvalue weighted by molar-refractivity contribution is 0.178. The van der Waals surface area contributed by atoms with Crippen molar-refractivity contribution in [2.45, 2.75) is 46.1 Å². The van der Waals surface area contributed by atoms with Crippen molar-refractivity contribution in [3.8, 4) is 5.69 Å². The molecule has 3 rings (SSSR count). The Labute approximate surface area is 125 Å². The van der Waals surface area contributed by atoms with E-state index in [4.69, 9.17) is 0 Å². The SMILES string of the molecule is CC1CC(Nc2ccccc2-n2cnnn2)CC(C)(C)C1. The predicted molar refractivity (Wildman–Crippen MR) is 83.4 cm³/mol. The van der Waals surface area contributed by atoms with Crippen LogP contribution < -0.4 is 5.32 Å². The van der Waals surface area contributed by atoms with Crippen LogP contribution in [-0.2, 0) is 0 Å². The van der Waals surface area contributed by atoms with Crippen LogP contribution in [0.25, 0.3) is 5.69 Å². The summed E-state index contributed by atoms with van der Waals surface area (Å²) in [5, 5.41) is 15.2. The van der Waals surface area contributed by atoms with Gasteiger partial charge in [-0.2, -0.15) is 4.68 Å². The first-order valence-electron chi connectivity index (χ1n) is 7.62. The van der Waals surface area contributed by atoms with E-state index in [1.165, 1.54) is 19.3 Å². The number of anilines is 1. The van der Waals surface area contributed by atoms with Crippen molar-refractivity contribution in [1.29, 1.82) is 0 Å². The molecule has 2 atom stereocenters. The number of tetrazole rings is 1. The lowest BCUT2D eigenvalue weighted by Gasteiger charge is -2.39. The first kappa shape index (κ1) is 14.0. The Morgan fingerprint density at radius 3 is 2.76 bits per heavy atom. The van der Waals surface area contributed by atoms with E-state index in [9.17, 15) is 0 Å². The number of hydrogen-bond donors (Lipinski definition) is 1. The summed E-state index contributed by atoms with van der Waals surface area (Å²) in [5.74, 6) is 0.756. The van der Waals surface area contributed by atoms with Gasteiger partial charge in [-0.25, -0.2) is 0 Å². The fourth-order valence-electron chi connectivity index (χ4n) is 3.74. The van der Waals surface area contributed by atoms with Crippen LogP contribution in [0.2, 0.25) is 0 Å². The minimum Gasteiger partial charge on any atom is -0.381 e. The van der Waals surface area contributed by atoms with Crippen LogP contribution in [0.15, 0.2) is 30.6 Å². The minimum atomic E-state index is 0.402. The van der Waals surface area contributed by atoms with E-state index in [1.807, 2.05) is 18.2 Å². The molecule has 2 aromatic rings. The summed E-state index contributed by atoms with van der Waals surface area (Å²) in [6.07, 6.45) is 5.35. The molecular weight excluding hydrogens is 262 g/mol. The van der Waals surface area contributed by atoms with Crippen LogP contribution in [0, 0.1) is 11.3 Å². The third-order valence-electron chi connectivity index (χ3n) is 4.25. The van der Waals surface area contributed by atoms with Gasteiger partial charge >= 0.3 is 0 Å². The van der Waals surface area contributed by atoms with Crippen molar-refractivity contribution in [2.24, 2.45) is 11.3 Å². The van der Waals surface area contributed by atoms with Gasteiger partial charge in [0.15, 0.2) is 0 Å². The number of nitrogens with zero attached hydrogens (tertiary/aromatic N) is 4. The molecule has 1 aliphatic rings. The number of benzene rings is 1. The zero-order valence-corrected chi connectivity index (χ0v) is 13.0. The highest BCUT2D eigenvalue weighted by atomic mass is 15.5. The highest BCUT2D eigenvalue weighted by molar-refractivity contribution is 5.60. The molecule has 1 heterocycles. The van der Waals surface area contributed by atoms with Crippen molar-refractivity contribution in [3.05, 3.63) is 30.6 Å². The second-order valence-corrected chi connectivity index (χ2v) is 7.03. The number of rotatable bonds is 3. The number of aromatic nitrogens is 4. The van der Waals surface area contributed by atoms with Crippen molar-refractivity contribution in [2.75, 3.05) is 5.32 Å². The van der Waals surface area contributed by atoms with Gasteiger partial charge in [0, 0.05) is 6.04 Å². The molecule has 0 spiro atoms. The molecule has 0 amide bonds. The zero-order valence-electron chi connectivity index (χ0n) is 13.0. The Morgan fingerprint density at radius 1 is 1.24 bits per heavy atom. The van der Waals surface area contributed by atoms with Crippen LogP contribution in [0.5, 0.6) is 0 Å². The first-order valence-corrected chi connectivity index (χ1v) is 7.62. The molecule has 21 heavy (non-hydrogen) atoms. The van der Waals surface area contributed by atoms with Gasteiger partial charge in [0.05, 0.1) is 11.4 Å². The summed E-state index contributed by atoms with van der Waals surface area (Å²) in [7, 11) is 0. The molecule has 1 aromatic heterocycles. The molecule has 0 radical (unpaired) electrons. The van der Waals surface area contributed by atoms with Crippen molar-refractivity contribution in [3.63, 3.8) is 0 Å². The van der Waals surface area contributed by atoms with Gasteiger partial charge in [0.25, 0.3) is 0 Å². The number of hydrogen-bond acceptors (Lipinski definition) is 4. The Hall–Kier alpha value is -1.91. The van der Waals surface area contributed by atoms with Crippen LogP contribution in [0.3, 0.4) is 0 Å². The maximum atomic E-state index is 4.00. The van der Waals surface area contributed by atoms with Crippen LogP contribution >= 0.6 is 0 Å². The molecule has 1 aromatic carbocycles. The minimum absolute atomic E-state index is 0.402. The molecule has 0 bridgehead atoms. The fourth-order valence-corrected chi connectivity index (χ4v) is 3.74. The van der Waals surface area contributed by atoms with Gasteiger partial charge in [0.1, 0.15) is 6.33 Å². The van der Waals surface area contributed by atoms with Gasteiger partial charge < -0.3 is 5.32 Å². The highest BCUT2D eigenvalue weighted by Gasteiger charge is 2.32. The van der Waals surface area contributed by atoms with Gasteiger partial charge in [-0.3, -0.25) is 0 Å². The lowest BCUT2D eigenvalue weighted by atomic mass is 9.70. The van der Waals surface area contributed by atoms with E-state index in [0.29, 0.717) is 11.5 Å². The summed E-state index contributed by atoms with van der Waals surface area (Å²) in [6.45, 7) is 7.08. The van der Waals surface area contributed by atoms with E-state index >= 15 is 0 Å². The normalized spacial score (nSPS) is 24.7. The zero-order chi connectivity index (χ0) is 14.9. The van der Waals surface area contributed by atoms with Crippen molar-refractivity contribution < 1.29 is 0 Å². The average Bonchev–Trinajstić information content (AvgIpc) is 2.90. The molecule has 0 aliphatic heterocycles. The Morgan fingerprint density at radius 2 is 2.05 bits per heavy atom. The predicted octanol–water partition coefficient (Wildman–Crippen LogP) is 3.29. The summed E-state index contributed by atoms with van der Waals surface area (Å²) < 4.78 is 1.71. The van der Waals surface area contributed by atoms with Crippen LogP contribution in [0.1, 0.15) is 40.0 Å². The number of nitrogens with one attached hydrogen (secondary N) is 1. The highest BCUT2D eigenvalue weighted by Crippen LogP contribution is 2.39. The van der Waals surface area contributed by atoms with Crippen molar-refractivity contribution >= 4 is 5.69 Å². The molecule has 2 unspecified atom stereocenters. The van der Waals surface area contributed by atoms with Crippen LogP contribution in [-0.4, -0.2) is 26.2 Å². The van der Waals surface area contributed by atoms with Crippen molar-refractivity contribution in [1.82, 2.24) is 20.2 Å². The summed E-state index contributed by atoms with van der Waals surface area (Å²) >= 11 is 0. The summed E-state index contributed by atoms with van der Waals surface area (Å²) in [5.41, 5.74) is 2.50. The molecule has 1 fully saturated rings. The lowest BCUT2D eigenvalue weighted by Crippen LogP contribution is -2.35. The largest absolute Gasteiger partial charge is 0.381 e. The molecule has 0 saturated heterocycles. The Balaban J connectivity index is 1.82. The Bertz CT molecular complexity index is 590. The van der Waals surface area contributed by atoms with E-state index in [1.54, 1.807) is 11.0 Å². The Kier molecular flexibility index (Phi) is 3.66. The number of para-hydroxylation sites is 2. The summed E-state index contributed by atoms with van der Waals surface area (Å²) in [4.78, 5) is 0. The van der Waals surface area contributed by atoms with Gasteiger partial charge in [0.2, 0.25) is 0 Å². The monoisotopic (exact) mass is 285 g/mol. The van der Waals surface area contributed by atoms with Gasteiger partial charge in [-0.15, -0.1) is 5.10 Å². The molecule has 1 N–H and O–H groups in total. The second-order valence-electron chi connectivity index (χ2n) is 7.03. The van der Waals surface area contributed by atoms with E-state index in [0.717, 1.165) is 17.3 Å². The molecule has 1 saturated carbocycles. The molecular formula is C16H23N5. The summed E-state index contributed by atoms with van der Waals surface area (Å²) in [6, 6.07) is 8.70. The maximum absolute atomic E-state index is 4.00. The van der Waals surface area contributed by atoms with E-state index in [-0.39, 0.29) is 0 Å². The third-order valence-corrected chi connectivity index (χ3v) is 4.25. The molecule has 112 valence electrons. The maximum Gasteiger partial charge on any atom is 0.143 e. The van der Waals surface area contributed by atoms with Gasteiger partial charge in [-0.05, 0) is 53.2 Å². The first-order chi connectivity index (χ1) is 10.0. The average molecular weight is 285 g/mol. The standard InChI is InChI=1S/C16H23N5/c1-12-8-13(10-16(2,3)9-12)18-14-6-4-5-7-15(14)21-11-17-19-20-21/h4-7,11-13,18H,8-10H2,1-3H3. The van der Waals surface area contributed by atoms with Gasteiger partial charge in [-0.1, -0.05) is 32.9 Å².